The molecule has 2 N–H and O–H groups in total. The summed E-state index contributed by atoms with van der Waals surface area (Å²) >= 11 is 0. The molecule has 1 atom stereocenters. The molecule has 0 fully saturated rings. The van der Waals surface area contributed by atoms with Crippen LogP contribution in [0.4, 0.5) is 11.4 Å². The molecule has 0 aliphatic carbocycles. The van der Waals surface area contributed by atoms with E-state index in [4.69, 9.17) is 9.47 Å². The lowest BCUT2D eigenvalue weighted by Crippen LogP contribution is -2.30. The first-order valence-corrected chi connectivity index (χ1v) is 11.7. The number of ketones is 1. The van der Waals surface area contributed by atoms with Crippen LogP contribution in [0.25, 0.3) is 0 Å². The lowest BCUT2D eigenvalue weighted by atomic mass is 9.87. The van der Waals surface area contributed by atoms with Crippen LogP contribution in [-0.4, -0.2) is 30.8 Å². The molecule has 3 rings (SSSR count). The van der Waals surface area contributed by atoms with Gasteiger partial charge >= 0.3 is 0 Å². The number of hydrogen-bond donors (Lipinski definition) is 2. The zero-order chi connectivity index (χ0) is 26.3. The summed E-state index contributed by atoms with van der Waals surface area (Å²) in [6, 6.07) is 21.1. The number of carbonyl (C=O) groups excluding carboxylic acids is 3. The summed E-state index contributed by atoms with van der Waals surface area (Å²) in [5.41, 5.74) is 2.50. The monoisotopic (exact) mass is 488 g/mol. The average molecular weight is 489 g/mol. The number of rotatable bonds is 9. The maximum Gasteiger partial charge on any atom is 0.265 e. The Kier molecular flexibility index (Phi) is 8.48. The van der Waals surface area contributed by atoms with Gasteiger partial charge in [-0.05, 0) is 60.4 Å². The number of carbonyl (C=O) groups is 3. The Morgan fingerprint density at radius 1 is 0.861 bits per heavy atom. The predicted molar refractivity (Wildman–Crippen MR) is 141 cm³/mol. The van der Waals surface area contributed by atoms with Crippen LogP contribution in [0.3, 0.4) is 0 Å². The Hall–Kier alpha value is -4.13. The molecule has 0 aliphatic rings. The molecule has 0 bridgehead atoms. The van der Waals surface area contributed by atoms with Crippen molar-refractivity contribution in [3.63, 3.8) is 0 Å². The highest BCUT2D eigenvalue weighted by Gasteiger charge is 2.18. The van der Waals surface area contributed by atoms with Crippen molar-refractivity contribution in [3.05, 3.63) is 83.9 Å². The first-order chi connectivity index (χ1) is 17.1. The average Bonchev–Trinajstić information content (AvgIpc) is 2.83. The summed E-state index contributed by atoms with van der Waals surface area (Å²) in [4.78, 5) is 37.6. The van der Waals surface area contributed by atoms with Gasteiger partial charge < -0.3 is 20.1 Å². The number of Topliss-reactive ketones (excluding diaryl/α,β-unsaturated/α-hetero) is 1. The van der Waals surface area contributed by atoms with E-state index in [9.17, 15) is 14.4 Å². The summed E-state index contributed by atoms with van der Waals surface area (Å²) in [6.07, 6.45) is -1.07. The second-order valence-corrected chi connectivity index (χ2v) is 9.45. The van der Waals surface area contributed by atoms with E-state index in [0.717, 1.165) is 0 Å². The van der Waals surface area contributed by atoms with E-state index in [1.54, 1.807) is 55.5 Å². The number of anilines is 2. The quantitative estimate of drug-likeness (QED) is 0.302. The maximum atomic E-state index is 12.7. The summed E-state index contributed by atoms with van der Waals surface area (Å²) in [6.45, 7) is 8.07. The number of hydrogen-bond acceptors (Lipinski definition) is 5. The van der Waals surface area contributed by atoms with E-state index in [0.29, 0.717) is 28.4 Å². The standard InChI is InChI=1S/C29H32N2O5/c1-19(36-23-15-13-20(14-16-23)29(2,3)4)28(34)31-22-10-8-9-21(17-22)30-27(33)18-25(32)24-11-6-7-12-26(24)35-5/h6-17,19H,18H2,1-5H3,(H,30,33)(H,31,34). The normalized spacial score (nSPS) is 11.8. The van der Waals surface area contributed by atoms with Crippen LogP contribution < -0.4 is 20.1 Å². The molecule has 7 heteroatoms. The van der Waals surface area contributed by atoms with Gasteiger partial charge in [-0.1, -0.05) is 51.1 Å². The Bertz CT molecular complexity index is 1230. The fraction of sp³-hybridized carbons (Fsp3) is 0.276. The van der Waals surface area contributed by atoms with E-state index in [1.165, 1.54) is 12.7 Å². The van der Waals surface area contributed by atoms with Crippen molar-refractivity contribution in [2.45, 2.75) is 45.6 Å². The summed E-state index contributed by atoms with van der Waals surface area (Å²) in [7, 11) is 1.47. The van der Waals surface area contributed by atoms with Crippen LogP contribution in [-0.2, 0) is 15.0 Å². The third kappa shape index (κ3) is 7.18. The zero-order valence-corrected chi connectivity index (χ0v) is 21.3. The summed E-state index contributed by atoms with van der Waals surface area (Å²) < 4.78 is 11.0. The highest BCUT2D eigenvalue weighted by Crippen LogP contribution is 2.25. The molecule has 0 radical (unpaired) electrons. The molecule has 0 aliphatic heterocycles. The Labute approximate surface area is 211 Å². The van der Waals surface area contributed by atoms with E-state index in [-0.39, 0.29) is 23.5 Å². The zero-order valence-electron chi connectivity index (χ0n) is 21.3. The smallest absolute Gasteiger partial charge is 0.265 e. The van der Waals surface area contributed by atoms with Crippen LogP contribution in [0.2, 0.25) is 0 Å². The number of nitrogens with one attached hydrogen (secondary N) is 2. The fourth-order valence-electron chi connectivity index (χ4n) is 3.53. The molecule has 0 saturated carbocycles. The van der Waals surface area contributed by atoms with Gasteiger partial charge in [0.2, 0.25) is 5.91 Å². The molecule has 0 heterocycles. The minimum Gasteiger partial charge on any atom is -0.496 e. The molecule has 2 amide bonds. The van der Waals surface area contributed by atoms with Gasteiger partial charge in [-0.15, -0.1) is 0 Å². The molecule has 0 spiro atoms. The molecular weight excluding hydrogens is 456 g/mol. The van der Waals surface area contributed by atoms with Crippen molar-refractivity contribution in [1.29, 1.82) is 0 Å². The molecule has 7 nitrogen and oxygen atoms in total. The van der Waals surface area contributed by atoms with Crippen molar-refractivity contribution in [1.82, 2.24) is 0 Å². The van der Waals surface area contributed by atoms with Crippen LogP contribution in [0.1, 0.15) is 50.0 Å². The van der Waals surface area contributed by atoms with Gasteiger partial charge in [0.15, 0.2) is 11.9 Å². The summed E-state index contributed by atoms with van der Waals surface area (Å²) in [5, 5.41) is 5.49. The van der Waals surface area contributed by atoms with Crippen molar-refractivity contribution < 1.29 is 23.9 Å². The molecule has 1 unspecified atom stereocenters. The van der Waals surface area contributed by atoms with Gasteiger partial charge in [-0.25, -0.2) is 0 Å². The van der Waals surface area contributed by atoms with Crippen molar-refractivity contribution in [2.24, 2.45) is 0 Å². The van der Waals surface area contributed by atoms with Gasteiger partial charge in [-0.2, -0.15) is 0 Å². The topological polar surface area (TPSA) is 93.7 Å². The Morgan fingerprint density at radius 3 is 2.14 bits per heavy atom. The predicted octanol–water partition coefficient (Wildman–Crippen LogP) is 5.61. The van der Waals surface area contributed by atoms with E-state index >= 15 is 0 Å². The number of ether oxygens (including phenoxy) is 2. The fourth-order valence-corrected chi connectivity index (χ4v) is 3.53. The molecular formula is C29H32N2O5. The van der Waals surface area contributed by atoms with E-state index < -0.39 is 12.0 Å². The number of para-hydroxylation sites is 1. The van der Waals surface area contributed by atoms with Crippen molar-refractivity contribution in [2.75, 3.05) is 17.7 Å². The van der Waals surface area contributed by atoms with Crippen LogP contribution >= 0.6 is 0 Å². The first kappa shape index (κ1) is 26.5. The second kappa shape index (κ2) is 11.5. The minimum absolute atomic E-state index is 0.0314. The van der Waals surface area contributed by atoms with Crippen molar-refractivity contribution in [3.8, 4) is 11.5 Å². The van der Waals surface area contributed by atoms with Crippen molar-refractivity contribution >= 4 is 29.0 Å². The minimum atomic E-state index is -0.734. The SMILES string of the molecule is COc1ccccc1C(=O)CC(=O)Nc1cccc(NC(=O)C(C)Oc2ccc(C(C)(C)C)cc2)c1. The third-order valence-electron chi connectivity index (χ3n) is 5.54. The third-order valence-corrected chi connectivity index (χ3v) is 5.54. The maximum absolute atomic E-state index is 12.7. The highest BCUT2D eigenvalue weighted by atomic mass is 16.5. The number of amides is 2. The number of methoxy groups -OCH3 is 1. The summed E-state index contributed by atoms with van der Waals surface area (Å²) in [5.74, 6) is -0.127. The van der Waals surface area contributed by atoms with Gasteiger partial charge in [-0.3, -0.25) is 14.4 Å². The number of benzene rings is 3. The molecule has 3 aromatic rings. The molecule has 3 aromatic carbocycles. The van der Waals surface area contributed by atoms with Gasteiger partial charge in [0.25, 0.3) is 5.91 Å². The molecule has 188 valence electrons. The Morgan fingerprint density at radius 2 is 1.50 bits per heavy atom. The Balaban J connectivity index is 1.56. The van der Waals surface area contributed by atoms with E-state index in [1.807, 2.05) is 24.3 Å². The van der Waals surface area contributed by atoms with Crippen LogP contribution in [0.5, 0.6) is 11.5 Å². The van der Waals surface area contributed by atoms with Crippen LogP contribution in [0.15, 0.2) is 72.8 Å². The van der Waals surface area contributed by atoms with Gasteiger partial charge in [0.1, 0.15) is 11.5 Å². The highest BCUT2D eigenvalue weighted by molar-refractivity contribution is 6.12. The molecule has 0 aromatic heterocycles. The van der Waals surface area contributed by atoms with Gasteiger partial charge in [0, 0.05) is 11.4 Å². The molecule has 0 saturated heterocycles. The van der Waals surface area contributed by atoms with E-state index in [2.05, 4.69) is 31.4 Å². The molecule has 36 heavy (non-hydrogen) atoms. The second-order valence-electron chi connectivity index (χ2n) is 9.45. The first-order valence-electron chi connectivity index (χ1n) is 11.7. The lowest BCUT2D eigenvalue weighted by molar-refractivity contribution is -0.122. The van der Waals surface area contributed by atoms with Crippen LogP contribution in [0, 0.1) is 0 Å². The largest absolute Gasteiger partial charge is 0.496 e. The van der Waals surface area contributed by atoms with Gasteiger partial charge in [0.05, 0.1) is 19.1 Å². The lowest BCUT2D eigenvalue weighted by Gasteiger charge is -2.20.